The van der Waals surface area contributed by atoms with E-state index in [0.29, 0.717) is 12.8 Å². The van der Waals surface area contributed by atoms with Crippen LogP contribution in [0.1, 0.15) is 239 Å². The molecular formula is C50H95NO7. The van der Waals surface area contributed by atoms with E-state index in [-0.39, 0.29) is 42.7 Å². The lowest BCUT2D eigenvalue weighted by atomic mass is 10.0. The molecule has 0 aliphatic heterocycles. The fourth-order valence-corrected chi connectivity index (χ4v) is 7.54. The number of nitrogens with zero attached hydrogens (tertiary/aromatic N) is 1. The van der Waals surface area contributed by atoms with Gasteiger partial charge in [-0.15, -0.1) is 0 Å². The van der Waals surface area contributed by atoms with Gasteiger partial charge >= 0.3 is 11.9 Å². The summed E-state index contributed by atoms with van der Waals surface area (Å²) in [4.78, 5) is 37.0. The Morgan fingerprint density at radius 2 is 0.862 bits per heavy atom. The molecule has 2 unspecified atom stereocenters. The van der Waals surface area contributed by atoms with Crippen molar-refractivity contribution in [1.82, 2.24) is 0 Å². The number of carbonyl (C=O) groups excluding carboxylic acids is 3. The number of quaternary nitrogens is 1. The third-order valence-corrected chi connectivity index (χ3v) is 11.4. The van der Waals surface area contributed by atoms with E-state index in [1.54, 1.807) is 21.1 Å². The van der Waals surface area contributed by atoms with Crippen LogP contribution < -0.4 is 5.11 Å². The number of ether oxygens (including phenoxy) is 3. The average Bonchev–Trinajstić information content (AvgIpc) is 3.18. The number of carbonyl (C=O) groups is 3. The maximum atomic E-state index is 12.8. The van der Waals surface area contributed by atoms with Gasteiger partial charge in [0.15, 0.2) is 6.10 Å². The number of unbranched alkanes of at least 4 members (excludes halogenated alkanes) is 29. The van der Waals surface area contributed by atoms with Crippen LogP contribution in [0.3, 0.4) is 0 Å². The molecule has 0 heterocycles. The zero-order valence-corrected chi connectivity index (χ0v) is 39.0. The Hall–Kier alpha value is -1.93. The predicted octanol–water partition coefficient (Wildman–Crippen LogP) is 12.5. The van der Waals surface area contributed by atoms with Crippen molar-refractivity contribution in [2.45, 2.75) is 251 Å². The molecule has 0 bridgehead atoms. The van der Waals surface area contributed by atoms with Gasteiger partial charge in [0.05, 0.1) is 40.3 Å². The van der Waals surface area contributed by atoms with Gasteiger partial charge in [-0.1, -0.05) is 193 Å². The Bertz CT molecular complexity index is 962. The number of likely N-dealkylation sites (N-methyl/N-ethyl adjacent to an activating group) is 1. The number of hydrogen-bond donors (Lipinski definition) is 0. The van der Waals surface area contributed by atoms with Gasteiger partial charge in [-0.25, -0.2) is 0 Å². The van der Waals surface area contributed by atoms with Crippen LogP contribution in [0, 0.1) is 0 Å². The maximum absolute atomic E-state index is 12.8. The van der Waals surface area contributed by atoms with Gasteiger partial charge < -0.3 is 28.6 Å². The largest absolute Gasteiger partial charge is 0.544 e. The highest BCUT2D eigenvalue weighted by atomic mass is 16.6. The second kappa shape index (κ2) is 41.8. The zero-order chi connectivity index (χ0) is 42.8. The third kappa shape index (κ3) is 39.5. The Morgan fingerprint density at radius 1 is 0.500 bits per heavy atom. The number of carboxylic acid groups (broad SMARTS) is 1. The molecule has 342 valence electrons. The number of allylic oxidation sites excluding steroid dienone is 2. The number of rotatable bonds is 45. The molecule has 8 heteroatoms. The maximum Gasteiger partial charge on any atom is 0.306 e. The molecule has 0 saturated heterocycles. The zero-order valence-electron chi connectivity index (χ0n) is 39.0. The van der Waals surface area contributed by atoms with Crippen LogP contribution in [0.25, 0.3) is 0 Å². The van der Waals surface area contributed by atoms with E-state index in [1.165, 1.54) is 167 Å². The standard InChI is InChI=1S/C50H95NO7/c1-6-8-10-12-14-16-18-20-22-24-25-27-29-31-33-35-37-39-41-49(53)58-46(44-56-43-42-47(50(54)55)51(3,4)5)45-57-48(52)40-38-36-34-32-30-28-26-23-21-19-17-15-13-11-9-7-2/h22,24,46-47H,6-21,23,25-45H2,1-5H3/b24-22-. The second-order valence-electron chi connectivity index (χ2n) is 18.1. The SMILES string of the molecule is CCCCCCCCC/C=C\CCCCCCCCCC(=O)OC(COCCC(C(=O)[O-])[N+](C)(C)C)COC(=O)CCCCCCCCCCCCCCCCCC. The summed E-state index contributed by atoms with van der Waals surface area (Å²) in [6, 6.07) is -0.722. The van der Waals surface area contributed by atoms with Crippen LogP contribution in [0.5, 0.6) is 0 Å². The topological polar surface area (TPSA) is 102 Å². The van der Waals surface area contributed by atoms with Crippen LogP contribution in [-0.4, -0.2) is 75.5 Å². The first-order valence-corrected chi connectivity index (χ1v) is 24.7. The van der Waals surface area contributed by atoms with Crippen molar-refractivity contribution in [3.63, 3.8) is 0 Å². The van der Waals surface area contributed by atoms with Crippen molar-refractivity contribution in [2.75, 3.05) is 41.0 Å². The molecule has 0 aliphatic carbocycles. The quantitative estimate of drug-likeness (QED) is 0.0261. The summed E-state index contributed by atoms with van der Waals surface area (Å²) in [6.07, 6.45) is 45.2. The first-order valence-electron chi connectivity index (χ1n) is 24.7. The van der Waals surface area contributed by atoms with Gasteiger partial charge in [-0.2, -0.15) is 0 Å². The first kappa shape index (κ1) is 56.1. The molecule has 0 saturated carbocycles. The molecule has 0 amide bonds. The summed E-state index contributed by atoms with van der Waals surface area (Å²) in [6.45, 7) is 4.70. The summed E-state index contributed by atoms with van der Waals surface area (Å²) in [5.41, 5.74) is 0. The Labute approximate surface area is 359 Å². The first-order chi connectivity index (χ1) is 28.1. The predicted molar refractivity (Wildman–Crippen MR) is 241 cm³/mol. The third-order valence-electron chi connectivity index (χ3n) is 11.4. The van der Waals surface area contributed by atoms with Crippen molar-refractivity contribution >= 4 is 17.9 Å². The molecule has 0 rings (SSSR count). The fraction of sp³-hybridized carbons (Fsp3) is 0.900. The van der Waals surface area contributed by atoms with Gasteiger partial charge in [0, 0.05) is 19.3 Å². The normalized spacial score (nSPS) is 12.9. The van der Waals surface area contributed by atoms with Crippen LogP contribution >= 0.6 is 0 Å². The van der Waals surface area contributed by atoms with Crippen molar-refractivity contribution < 1.29 is 38.2 Å². The van der Waals surface area contributed by atoms with Crippen LogP contribution in [0.15, 0.2) is 12.2 Å². The minimum atomic E-state index is -1.12. The van der Waals surface area contributed by atoms with Gasteiger partial charge in [0.2, 0.25) is 0 Å². The van der Waals surface area contributed by atoms with E-state index in [0.717, 1.165) is 38.5 Å². The van der Waals surface area contributed by atoms with Gasteiger partial charge in [0.25, 0.3) is 0 Å². The van der Waals surface area contributed by atoms with E-state index in [4.69, 9.17) is 14.2 Å². The minimum absolute atomic E-state index is 0.0449. The van der Waals surface area contributed by atoms with Crippen LogP contribution in [0.4, 0.5) is 0 Å². The summed E-state index contributed by atoms with van der Waals surface area (Å²) in [5, 5.41) is 11.6. The second-order valence-corrected chi connectivity index (χ2v) is 18.1. The number of carboxylic acids is 1. The van der Waals surface area contributed by atoms with Gasteiger partial charge in [-0.3, -0.25) is 9.59 Å². The van der Waals surface area contributed by atoms with Gasteiger partial charge in [-0.05, 0) is 38.5 Å². The Morgan fingerprint density at radius 3 is 1.24 bits per heavy atom. The van der Waals surface area contributed by atoms with Crippen molar-refractivity contribution in [1.29, 1.82) is 0 Å². The van der Waals surface area contributed by atoms with Gasteiger partial charge in [0.1, 0.15) is 12.6 Å². The minimum Gasteiger partial charge on any atom is -0.544 e. The molecule has 0 aromatic rings. The highest BCUT2D eigenvalue weighted by molar-refractivity contribution is 5.70. The number of aliphatic carboxylic acids is 1. The number of esters is 2. The van der Waals surface area contributed by atoms with Crippen molar-refractivity contribution in [3.05, 3.63) is 12.2 Å². The van der Waals surface area contributed by atoms with E-state index in [2.05, 4.69) is 26.0 Å². The Kier molecular flexibility index (Phi) is 40.4. The van der Waals surface area contributed by atoms with E-state index in [9.17, 15) is 19.5 Å². The van der Waals surface area contributed by atoms with Crippen LogP contribution in [-0.2, 0) is 28.6 Å². The highest BCUT2D eigenvalue weighted by Gasteiger charge is 2.25. The molecule has 0 aromatic heterocycles. The average molecular weight is 822 g/mol. The molecular weight excluding hydrogens is 727 g/mol. The lowest BCUT2D eigenvalue weighted by Crippen LogP contribution is -2.55. The molecule has 0 aromatic carbocycles. The van der Waals surface area contributed by atoms with E-state index in [1.807, 2.05) is 0 Å². The molecule has 58 heavy (non-hydrogen) atoms. The molecule has 0 N–H and O–H groups in total. The van der Waals surface area contributed by atoms with E-state index < -0.39 is 18.1 Å². The summed E-state index contributed by atoms with van der Waals surface area (Å²) >= 11 is 0. The summed E-state index contributed by atoms with van der Waals surface area (Å²) in [7, 11) is 5.42. The monoisotopic (exact) mass is 822 g/mol. The molecule has 2 atom stereocenters. The molecule has 0 aliphatic rings. The fourth-order valence-electron chi connectivity index (χ4n) is 7.54. The lowest BCUT2D eigenvalue weighted by Gasteiger charge is -2.34. The molecule has 0 fully saturated rings. The highest BCUT2D eigenvalue weighted by Crippen LogP contribution is 2.16. The summed E-state index contributed by atoms with van der Waals surface area (Å²) in [5.74, 6) is -1.72. The van der Waals surface area contributed by atoms with Crippen molar-refractivity contribution in [3.8, 4) is 0 Å². The summed E-state index contributed by atoms with van der Waals surface area (Å²) < 4.78 is 17.2. The Balaban J connectivity index is 4.25. The van der Waals surface area contributed by atoms with Crippen molar-refractivity contribution in [2.24, 2.45) is 0 Å². The lowest BCUT2D eigenvalue weighted by molar-refractivity contribution is -0.889. The molecule has 8 nitrogen and oxygen atoms in total. The van der Waals surface area contributed by atoms with Crippen LogP contribution in [0.2, 0.25) is 0 Å². The number of hydrogen-bond acceptors (Lipinski definition) is 7. The molecule has 0 radical (unpaired) electrons. The van der Waals surface area contributed by atoms with E-state index >= 15 is 0 Å². The molecule has 0 spiro atoms. The smallest absolute Gasteiger partial charge is 0.306 e.